The first kappa shape index (κ1) is 12.4. The molecule has 0 amide bonds. The molecule has 2 atom stereocenters. The average Bonchev–Trinajstić information content (AvgIpc) is 2.38. The van der Waals surface area contributed by atoms with Crippen LogP contribution in [0.1, 0.15) is 24.3 Å². The lowest BCUT2D eigenvalue weighted by Gasteiger charge is -2.30. The van der Waals surface area contributed by atoms with Crippen LogP contribution >= 0.6 is 0 Å². The number of hydrogen-bond acceptors (Lipinski definition) is 3. The Morgan fingerprint density at radius 1 is 1.41 bits per heavy atom. The summed E-state index contributed by atoms with van der Waals surface area (Å²) < 4.78 is 5.58. The highest BCUT2D eigenvalue weighted by molar-refractivity contribution is 5.29. The van der Waals surface area contributed by atoms with Crippen molar-refractivity contribution in [3.63, 3.8) is 0 Å². The van der Waals surface area contributed by atoms with Gasteiger partial charge in [0, 0.05) is 19.1 Å². The summed E-state index contributed by atoms with van der Waals surface area (Å²) in [6.07, 6.45) is 2.39. The van der Waals surface area contributed by atoms with Crippen LogP contribution in [0.5, 0.6) is 5.75 Å². The van der Waals surface area contributed by atoms with Crippen LogP contribution in [0, 0.1) is 5.92 Å². The Morgan fingerprint density at radius 2 is 2.18 bits per heavy atom. The van der Waals surface area contributed by atoms with Crippen molar-refractivity contribution in [3.8, 4) is 5.75 Å². The number of likely N-dealkylation sites (N-methyl/N-ethyl adjacent to an activating group) is 1. The van der Waals surface area contributed by atoms with E-state index in [1.165, 1.54) is 12.0 Å². The molecule has 2 N–H and O–H groups in total. The normalized spacial score (nSPS) is 22.3. The summed E-state index contributed by atoms with van der Waals surface area (Å²) in [6, 6.07) is 7.57. The van der Waals surface area contributed by atoms with E-state index in [0.717, 1.165) is 26.2 Å². The molecule has 1 aromatic rings. The van der Waals surface area contributed by atoms with Crippen molar-refractivity contribution >= 4 is 0 Å². The minimum Gasteiger partial charge on any atom is -0.508 e. The summed E-state index contributed by atoms with van der Waals surface area (Å²) in [5.41, 5.74) is 1.28. The van der Waals surface area contributed by atoms with Crippen molar-refractivity contribution in [2.75, 3.05) is 26.8 Å². The van der Waals surface area contributed by atoms with Gasteiger partial charge in [0.05, 0.1) is 6.61 Å². The predicted octanol–water partition coefficient (Wildman–Crippen LogP) is 2.12. The van der Waals surface area contributed by atoms with Gasteiger partial charge in [-0.25, -0.2) is 0 Å². The molecule has 3 heteroatoms. The summed E-state index contributed by atoms with van der Waals surface area (Å²) in [5.74, 6) is 1.39. The van der Waals surface area contributed by atoms with Gasteiger partial charge >= 0.3 is 0 Å². The highest BCUT2D eigenvalue weighted by atomic mass is 16.5. The maximum atomic E-state index is 9.34. The fourth-order valence-corrected chi connectivity index (χ4v) is 2.58. The molecule has 2 unspecified atom stereocenters. The maximum Gasteiger partial charge on any atom is 0.115 e. The number of nitrogens with one attached hydrogen (secondary N) is 1. The zero-order valence-electron chi connectivity index (χ0n) is 10.4. The van der Waals surface area contributed by atoms with Gasteiger partial charge in [-0.05, 0) is 43.5 Å². The highest BCUT2D eigenvalue weighted by Gasteiger charge is 2.24. The van der Waals surface area contributed by atoms with Crippen molar-refractivity contribution in [1.29, 1.82) is 0 Å². The van der Waals surface area contributed by atoms with Crippen LogP contribution in [0.3, 0.4) is 0 Å². The molecular formula is C14H21NO2. The second kappa shape index (κ2) is 6.03. The van der Waals surface area contributed by atoms with Crippen LogP contribution in [0.25, 0.3) is 0 Å². The average molecular weight is 235 g/mol. The molecule has 1 fully saturated rings. The van der Waals surface area contributed by atoms with E-state index in [1.807, 2.05) is 19.2 Å². The first-order valence-electron chi connectivity index (χ1n) is 6.32. The number of phenolic OH excluding ortho intramolecular Hbond substituents is 1. The van der Waals surface area contributed by atoms with E-state index in [4.69, 9.17) is 4.74 Å². The number of hydrogen-bond donors (Lipinski definition) is 2. The lowest BCUT2D eigenvalue weighted by molar-refractivity contribution is 0.0442. The number of phenols is 1. The summed E-state index contributed by atoms with van der Waals surface area (Å²) in [6.45, 7) is 2.71. The summed E-state index contributed by atoms with van der Waals surface area (Å²) in [4.78, 5) is 0. The lowest BCUT2D eigenvalue weighted by Crippen LogP contribution is -2.30. The Labute approximate surface area is 103 Å². The van der Waals surface area contributed by atoms with Crippen LogP contribution in [-0.4, -0.2) is 31.9 Å². The predicted molar refractivity (Wildman–Crippen MR) is 68.3 cm³/mol. The third-order valence-corrected chi connectivity index (χ3v) is 3.51. The Bertz CT molecular complexity index is 331. The van der Waals surface area contributed by atoms with Crippen molar-refractivity contribution in [2.24, 2.45) is 5.92 Å². The molecular weight excluding hydrogens is 214 g/mol. The van der Waals surface area contributed by atoms with E-state index in [2.05, 4.69) is 5.32 Å². The molecule has 3 nitrogen and oxygen atoms in total. The van der Waals surface area contributed by atoms with Crippen LogP contribution in [0.4, 0.5) is 0 Å². The molecule has 0 bridgehead atoms. The topological polar surface area (TPSA) is 41.5 Å². The molecule has 1 aliphatic rings. The molecule has 0 aromatic heterocycles. The first-order chi connectivity index (χ1) is 8.31. The van der Waals surface area contributed by atoms with Crippen molar-refractivity contribution in [1.82, 2.24) is 5.32 Å². The number of rotatable bonds is 4. The third-order valence-electron chi connectivity index (χ3n) is 3.51. The quantitative estimate of drug-likeness (QED) is 0.840. The molecule has 0 radical (unpaired) electrons. The highest BCUT2D eigenvalue weighted by Crippen LogP contribution is 2.31. The van der Waals surface area contributed by atoms with Crippen molar-refractivity contribution in [2.45, 2.75) is 18.8 Å². The largest absolute Gasteiger partial charge is 0.508 e. The standard InChI is InChI=1S/C14H21NO2/c1-15-9-14(12-3-2-8-17-10-12)11-4-6-13(16)7-5-11/h4-7,12,14-16H,2-3,8-10H2,1H3. The number of aromatic hydroxyl groups is 1. The summed E-state index contributed by atoms with van der Waals surface area (Å²) in [5, 5.41) is 12.6. The van der Waals surface area contributed by atoms with Gasteiger partial charge in [-0.2, -0.15) is 0 Å². The Morgan fingerprint density at radius 3 is 2.76 bits per heavy atom. The fraction of sp³-hybridized carbons (Fsp3) is 0.571. The molecule has 1 saturated heterocycles. The van der Waals surface area contributed by atoms with Crippen LogP contribution in [0.15, 0.2) is 24.3 Å². The van der Waals surface area contributed by atoms with E-state index in [9.17, 15) is 5.11 Å². The second-order valence-electron chi connectivity index (χ2n) is 4.73. The van der Waals surface area contributed by atoms with Gasteiger partial charge in [-0.15, -0.1) is 0 Å². The molecule has 2 rings (SSSR count). The van der Waals surface area contributed by atoms with Gasteiger partial charge in [-0.1, -0.05) is 12.1 Å². The van der Waals surface area contributed by atoms with Gasteiger partial charge in [0.2, 0.25) is 0 Å². The minimum absolute atomic E-state index is 0.330. The summed E-state index contributed by atoms with van der Waals surface area (Å²) in [7, 11) is 1.98. The molecule has 94 valence electrons. The molecule has 1 heterocycles. The van der Waals surface area contributed by atoms with Gasteiger partial charge in [0.1, 0.15) is 5.75 Å². The van der Waals surface area contributed by atoms with E-state index in [0.29, 0.717) is 17.6 Å². The zero-order valence-corrected chi connectivity index (χ0v) is 10.4. The van der Waals surface area contributed by atoms with E-state index in [1.54, 1.807) is 12.1 Å². The fourth-order valence-electron chi connectivity index (χ4n) is 2.58. The van der Waals surface area contributed by atoms with Gasteiger partial charge in [0.25, 0.3) is 0 Å². The van der Waals surface area contributed by atoms with E-state index >= 15 is 0 Å². The molecule has 0 aliphatic carbocycles. The zero-order chi connectivity index (χ0) is 12.1. The molecule has 0 spiro atoms. The van der Waals surface area contributed by atoms with Crippen molar-refractivity contribution < 1.29 is 9.84 Å². The van der Waals surface area contributed by atoms with Gasteiger partial charge in [-0.3, -0.25) is 0 Å². The Balaban J connectivity index is 2.12. The van der Waals surface area contributed by atoms with Crippen molar-refractivity contribution in [3.05, 3.63) is 29.8 Å². The number of ether oxygens (including phenoxy) is 1. The molecule has 1 aliphatic heterocycles. The molecule has 1 aromatic carbocycles. The number of benzene rings is 1. The lowest BCUT2D eigenvalue weighted by atomic mass is 9.82. The van der Waals surface area contributed by atoms with Gasteiger partial charge in [0.15, 0.2) is 0 Å². The van der Waals surface area contributed by atoms with Crippen LogP contribution in [0.2, 0.25) is 0 Å². The van der Waals surface area contributed by atoms with E-state index in [-0.39, 0.29) is 0 Å². The smallest absolute Gasteiger partial charge is 0.115 e. The second-order valence-corrected chi connectivity index (χ2v) is 4.73. The van der Waals surface area contributed by atoms with Crippen LogP contribution in [-0.2, 0) is 4.74 Å². The summed E-state index contributed by atoms with van der Waals surface area (Å²) >= 11 is 0. The minimum atomic E-state index is 0.330. The molecule has 0 saturated carbocycles. The first-order valence-corrected chi connectivity index (χ1v) is 6.32. The Kier molecular flexibility index (Phi) is 4.40. The SMILES string of the molecule is CNCC(c1ccc(O)cc1)C1CCCOC1. The molecule has 17 heavy (non-hydrogen) atoms. The van der Waals surface area contributed by atoms with Crippen LogP contribution < -0.4 is 5.32 Å². The monoisotopic (exact) mass is 235 g/mol. The van der Waals surface area contributed by atoms with Gasteiger partial charge < -0.3 is 15.2 Å². The van der Waals surface area contributed by atoms with E-state index < -0.39 is 0 Å². The maximum absolute atomic E-state index is 9.34. The third kappa shape index (κ3) is 3.20. The Hall–Kier alpha value is -1.06.